The predicted molar refractivity (Wildman–Crippen MR) is 38.8 cm³/mol. The normalized spacial score (nSPS) is 10.3. The molecule has 0 amide bonds. The lowest BCUT2D eigenvalue weighted by Crippen LogP contribution is -1.56. The fourth-order valence-electron chi connectivity index (χ4n) is 0.384. The first kappa shape index (κ1) is 7.93. The summed E-state index contributed by atoms with van der Waals surface area (Å²) in [4.78, 5) is 9.61. The van der Waals surface area contributed by atoms with Gasteiger partial charge in [0.15, 0.2) is 0 Å². The van der Waals surface area contributed by atoms with Crippen LogP contribution in [0.25, 0.3) is 0 Å². The Bertz CT molecular complexity index is 148. The maximum Gasteiger partial charge on any atom is 0.120 e. The van der Waals surface area contributed by atoms with Crippen LogP contribution in [0.5, 0.6) is 0 Å². The monoisotopic (exact) mass is 122 g/mol. The molecule has 0 saturated heterocycles. The second-order valence-corrected chi connectivity index (χ2v) is 1.51. The van der Waals surface area contributed by atoms with E-state index in [1.165, 1.54) is 6.08 Å². The largest absolute Gasteiger partial charge is 0.234 e. The molecule has 0 saturated carbocycles. The third-order valence-corrected chi connectivity index (χ3v) is 0.777. The molecule has 0 bridgehead atoms. The van der Waals surface area contributed by atoms with Crippen molar-refractivity contribution in [2.45, 2.75) is 13.3 Å². The summed E-state index contributed by atoms with van der Waals surface area (Å²) in [5.41, 5.74) is 0. The lowest BCUT2D eigenvalue weighted by molar-refractivity contribution is 0.568. The van der Waals surface area contributed by atoms with Crippen molar-refractivity contribution >= 4 is 5.94 Å². The van der Waals surface area contributed by atoms with Gasteiger partial charge in [0.25, 0.3) is 0 Å². The highest BCUT2D eigenvalue weighted by molar-refractivity contribution is 5.45. The zero-order chi connectivity index (χ0) is 6.95. The third kappa shape index (κ3) is 6.93. The Morgan fingerprint density at radius 3 is 2.78 bits per heavy atom. The second kappa shape index (κ2) is 6.93. The van der Waals surface area contributed by atoms with Gasteiger partial charge in [0, 0.05) is 6.08 Å². The third-order valence-electron chi connectivity index (χ3n) is 0.777. The van der Waals surface area contributed by atoms with Gasteiger partial charge >= 0.3 is 0 Å². The minimum Gasteiger partial charge on any atom is -0.234 e. The van der Waals surface area contributed by atoms with E-state index in [4.69, 9.17) is 0 Å². The van der Waals surface area contributed by atoms with Crippen molar-refractivity contribution in [2.75, 3.05) is 0 Å². The minimum atomic E-state index is 0.674. The summed E-state index contributed by atoms with van der Waals surface area (Å²) in [5, 5.41) is 0. The average molecular weight is 122 g/mol. The van der Waals surface area contributed by atoms with E-state index in [1.807, 2.05) is 31.2 Å². The molecular weight excluding hydrogens is 112 g/mol. The smallest absolute Gasteiger partial charge is 0.120 e. The quantitative estimate of drug-likeness (QED) is 0.412. The lowest BCUT2D eigenvalue weighted by Gasteiger charge is -1.72. The fourth-order valence-corrected chi connectivity index (χ4v) is 0.384. The Labute approximate surface area is 55.4 Å². The zero-order valence-electron chi connectivity index (χ0n) is 5.50. The summed E-state index contributed by atoms with van der Waals surface area (Å²) in [6.07, 6.45) is 9.76. The van der Waals surface area contributed by atoms with Crippen LogP contribution in [0.2, 0.25) is 0 Å². The van der Waals surface area contributed by atoms with Gasteiger partial charge in [-0.15, -0.1) is 0 Å². The van der Waals surface area contributed by atoms with Crippen LogP contribution >= 0.6 is 0 Å². The molecule has 48 valence electrons. The maximum atomic E-state index is 9.61. The zero-order valence-corrected chi connectivity index (χ0v) is 5.50. The Balaban J connectivity index is 3.36. The van der Waals surface area contributed by atoms with Crippen LogP contribution in [0.4, 0.5) is 0 Å². The van der Waals surface area contributed by atoms with E-state index >= 15 is 0 Å². The first-order valence-electron chi connectivity index (χ1n) is 2.89. The summed E-state index contributed by atoms with van der Waals surface area (Å²) in [7, 11) is 0. The van der Waals surface area contributed by atoms with Crippen LogP contribution in [0.1, 0.15) is 13.3 Å². The van der Waals surface area contributed by atoms with Crippen molar-refractivity contribution in [1.82, 2.24) is 0 Å². The minimum absolute atomic E-state index is 0.674. The number of hydrogen-bond donors (Lipinski definition) is 0. The van der Waals surface area contributed by atoms with Crippen molar-refractivity contribution in [3.63, 3.8) is 0 Å². The molecular formula is C8H10O. The van der Waals surface area contributed by atoms with Gasteiger partial charge in [-0.25, -0.2) is 4.79 Å². The Morgan fingerprint density at radius 2 is 2.22 bits per heavy atom. The standard InChI is InChI=1S/C8H10O/c1-2-3-4-5-6-7-8-9/h2-5,7H,6H2,1H3/b3-2?,5-4+. The second-order valence-electron chi connectivity index (χ2n) is 1.51. The van der Waals surface area contributed by atoms with Gasteiger partial charge in [-0.3, -0.25) is 0 Å². The Morgan fingerprint density at radius 1 is 1.44 bits per heavy atom. The van der Waals surface area contributed by atoms with E-state index in [0.717, 1.165) is 0 Å². The van der Waals surface area contributed by atoms with E-state index in [9.17, 15) is 4.79 Å². The van der Waals surface area contributed by atoms with Crippen LogP contribution in [-0.2, 0) is 4.79 Å². The number of hydrogen-bond acceptors (Lipinski definition) is 1. The summed E-state index contributed by atoms with van der Waals surface area (Å²) >= 11 is 0. The van der Waals surface area contributed by atoms with E-state index in [1.54, 1.807) is 5.94 Å². The Hall–Kier alpha value is -1.07. The number of carbonyl (C=O) groups excluding carboxylic acids is 1. The van der Waals surface area contributed by atoms with Gasteiger partial charge in [0.1, 0.15) is 5.94 Å². The van der Waals surface area contributed by atoms with E-state index in [-0.39, 0.29) is 0 Å². The van der Waals surface area contributed by atoms with Crippen molar-refractivity contribution in [1.29, 1.82) is 0 Å². The Kier molecular flexibility index (Phi) is 6.11. The van der Waals surface area contributed by atoms with Gasteiger partial charge in [-0.2, -0.15) is 0 Å². The highest BCUT2D eigenvalue weighted by atomic mass is 16.1. The van der Waals surface area contributed by atoms with Gasteiger partial charge in [-0.05, 0) is 13.3 Å². The van der Waals surface area contributed by atoms with Crippen LogP contribution < -0.4 is 0 Å². The summed E-state index contributed by atoms with van der Waals surface area (Å²) in [6.45, 7) is 1.94. The molecule has 1 nitrogen and oxygen atoms in total. The van der Waals surface area contributed by atoms with Crippen molar-refractivity contribution in [3.05, 3.63) is 30.4 Å². The topological polar surface area (TPSA) is 17.1 Å². The summed E-state index contributed by atoms with van der Waals surface area (Å²) < 4.78 is 0. The molecule has 0 atom stereocenters. The highest BCUT2D eigenvalue weighted by Crippen LogP contribution is 1.82. The molecule has 0 N–H and O–H groups in total. The fraction of sp³-hybridized carbons (Fsp3) is 0.250. The molecule has 0 aromatic heterocycles. The van der Waals surface area contributed by atoms with Crippen LogP contribution in [-0.4, -0.2) is 5.94 Å². The molecule has 0 fully saturated rings. The number of rotatable bonds is 3. The van der Waals surface area contributed by atoms with Crippen LogP contribution in [0.3, 0.4) is 0 Å². The molecule has 0 radical (unpaired) electrons. The van der Waals surface area contributed by atoms with Crippen LogP contribution in [0, 0.1) is 0 Å². The van der Waals surface area contributed by atoms with Gasteiger partial charge in [0.05, 0.1) is 0 Å². The molecule has 9 heavy (non-hydrogen) atoms. The van der Waals surface area contributed by atoms with Gasteiger partial charge < -0.3 is 0 Å². The first-order chi connectivity index (χ1) is 4.41. The first-order valence-corrected chi connectivity index (χ1v) is 2.89. The molecule has 0 unspecified atom stereocenters. The molecule has 0 aromatic rings. The molecule has 0 aromatic carbocycles. The van der Waals surface area contributed by atoms with E-state index in [2.05, 4.69) is 0 Å². The SMILES string of the molecule is CC=C/C=C/CC=C=O. The van der Waals surface area contributed by atoms with Crippen molar-refractivity contribution < 1.29 is 4.79 Å². The van der Waals surface area contributed by atoms with Crippen LogP contribution in [0.15, 0.2) is 30.4 Å². The molecule has 0 spiro atoms. The van der Waals surface area contributed by atoms with Gasteiger partial charge in [0.2, 0.25) is 0 Å². The molecule has 0 aliphatic carbocycles. The molecule has 0 heterocycles. The highest BCUT2D eigenvalue weighted by Gasteiger charge is 1.65. The van der Waals surface area contributed by atoms with E-state index < -0.39 is 0 Å². The number of allylic oxidation sites excluding steroid dienone is 5. The summed E-state index contributed by atoms with van der Waals surface area (Å²) in [6, 6.07) is 0. The maximum absolute atomic E-state index is 9.61. The molecule has 1 heteroatoms. The van der Waals surface area contributed by atoms with E-state index in [0.29, 0.717) is 6.42 Å². The summed E-state index contributed by atoms with van der Waals surface area (Å²) in [5.74, 6) is 1.69. The van der Waals surface area contributed by atoms with Gasteiger partial charge in [-0.1, -0.05) is 24.3 Å². The molecule has 0 aliphatic rings. The average Bonchev–Trinajstić information content (AvgIpc) is 1.89. The lowest BCUT2D eigenvalue weighted by atomic mass is 10.3. The molecule has 0 rings (SSSR count). The molecule has 0 aliphatic heterocycles. The van der Waals surface area contributed by atoms with Crippen molar-refractivity contribution in [2.24, 2.45) is 0 Å². The predicted octanol–water partition coefficient (Wildman–Crippen LogP) is 1.90. The van der Waals surface area contributed by atoms with Crippen molar-refractivity contribution in [3.8, 4) is 0 Å².